The third-order valence-corrected chi connectivity index (χ3v) is 3.46. The van der Waals surface area contributed by atoms with Gasteiger partial charge in [-0.05, 0) is 24.3 Å². The summed E-state index contributed by atoms with van der Waals surface area (Å²) in [6.07, 6.45) is 1.88. The highest BCUT2D eigenvalue weighted by Crippen LogP contribution is 2.25. The van der Waals surface area contributed by atoms with Gasteiger partial charge in [0.15, 0.2) is 0 Å². The average Bonchev–Trinajstić information content (AvgIpc) is 2.95. The zero-order chi connectivity index (χ0) is 13.5. The minimum absolute atomic E-state index is 0.113. The second kappa shape index (κ2) is 4.06. The van der Waals surface area contributed by atoms with E-state index in [0.29, 0.717) is 16.7 Å². The number of rotatable bonds is 1. The Morgan fingerprint density at radius 2 is 1.80 bits per heavy atom. The van der Waals surface area contributed by atoms with Gasteiger partial charge in [0.2, 0.25) is 0 Å². The van der Waals surface area contributed by atoms with Crippen LogP contribution in [0.5, 0.6) is 0 Å². The van der Waals surface area contributed by atoms with E-state index in [0.717, 1.165) is 16.5 Å². The minimum atomic E-state index is -0.113. The molecule has 0 atom stereocenters. The van der Waals surface area contributed by atoms with Gasteiger partial charge < -0.3 is 9.97 Å². The number of fused-ring (bicyclic) bond motifs is 2. The van der Waals surface area contributed by atoms with Crippen LogP contribution in [-0.4, -0.2) is 15.0 Å². The lowest BCUT2D eigenvalue weighted by Gasteiger charge is -2.04. The number of aromatic amines is 2. The largest absolute Gasteiger partial charge is 0.361 e. The Hall–Kier alpha value is -2.88. The number of benzene rings is 2. The maximum atomic E-state index is 12.1. The van der Waals surface area contributed by atoms with Crippen molar-refractivity contribution in [2.24, 2.45) is 0 Å². The monoisotopic (exact) mass is 261 g/mol. The predicted octanol–water partition coefficient (Wildman–Crippen LogP) is 3.07. The number of aromatic nitrogens is 3. The minimum Gasteiger partial charge on any atom is -0.361 e. The molecule has 20 heavy (non-hydrogen) atoms. The predicted molar refractivity (Wildman–Crippen MR) is 79.7 cm³/mol. The molecule has 0 radical (unpaired) electrons. The molecule has 2 heterocycles. The fourth-order valence-electron chi connectivity index (χ4n) is 2.51. The first-order valence-electron chi connectivity index (χ1n) is 6.38. The van der Waals surface area contributed by atoms with E-state index >= 15 is 0 Å². The SMILES string of the molecule is O=c1[nH]c(-c2cccc3[nH]ccc23)nc2ccccc12. The van der Waals surface area contributed by atoms with E-state index in [1.54, 1.807) is 6.07 Å². The van der Waals surface area contributed by atoms with Gasteiger partial charge >= 0.3 is 0 Å². The molecule has 0 aliphatic heterocycles. The third kappa shape index (κ3) is 1.55. The van der Waals surface area contributed by atoms with Gasteiger partial charge in [0.05, 0.1) is 10.9 Å². The summed E-state index contributed by atoms with van der Waals surface area (Å²) in [4.78, 5) is 22.7. The summed E-state index contributed by atoms with van der Waals surface area (Å²) in [6.45, 7) is 0. The van der Waals surface area contributed by atoms with Gasteiger partial charge in [-0.25, -0.2) is 4.98 Å². The fraction of sp³-hybridized carbons (Fsp3) is 0. The van der Waals surface area contributed by atoms with Crippen LogP contribution in [-0.2, 0) is 0 Å². The smallest absolute Gasteiger partial charge is 0.259 e. The molecule has 4 heteroatoms. The van der Waals surface area contributed by atoms with Gasteiger partial charge in [-0.2, -0.15) is 0 Å². The second-order valence-corrected chi connectivity index (χ2v) is 4.68. The summed E-state index contributed by atoms with van der Waals surface area (Å²) in [7, 11) is 0. The molecule has 0 saturated heterocycles. The van der Waals surface area contributed by atoms with Crippen molar-refractivity contribution in [2.75, 3.05) is 0 Å². The van der Waals surface area contributed by atoms with E-state index in [4.69, 9.17) is 0 Å². The first-order valence-corrected chi connectivity index (χ1v) is 6.38. The second-order valence-electron chi connectivity index (χ2n) is 4.68. The molecule has 0 amide bonds. The van der Waals surface area contributed by atoms with Crippen molar-refractivity contribution in [3.8, 4) is 11.4 Å². The van der Waals surface area contributed by atoms with Gasteiger partial charge in [-0.3, -0.25) is 4.79 Å². The lowest BCUT2D eigenvalue weighted by molar-refractivity contribution is 1.18. The molecule has 4 nitrogen and oxygen atoms in total. The van der Waals surface area contributed by atoms with Crippen LogP contribution in [0, 0.1) is 0 Å². The molecule has 0 bridgehead atoms. The molecule has 0 spiro atoms. The maximum Gasteiger partial charge on any atom is 0.259 e. The van der Waals surface area contributed by atoms with E-state index in [9.17, 15) is 4.79 Å². The summed E-state index contributed by atoms with van der Waals surface area (Å²) in [6, 6.07) is 15.2. The third-order valence-electron chi connectivity index (χ3n) is 3.46. The number of nitrogens with zero attached hydrogens (tertiary/aromatic N) is 1. The zero-order valence-corrected chi connectivity index (χ0v) is 10.6. The van der Waals surface area contributed by atoms with Crippen LogP contribution in [0.3, 0.4) is 0 Å². The first-order chi connectivity index (χ1) is 9.83. The van der Waals surface area contributed by atoms with Crippen LogP contribution < -0.4 is 5.56 Å². The highest BCUT2D eigenvalue weighted by Gasteiger charge is 2.08. The molecule has 4 rings (SSSR count). The average molecular weight is 261 g/mol. The van der Waals surface area contributed by atoms with Crippen molar-refractivity contribution >= 4 is 21.8 Å². The van der Waals surface area contributed by atoms with Crippen molar-refractivity contribution in [3.63, 3.8) is 0 Å². The molecule has 2 N–H and O–H groups in total. The van der Waals surface area contributed by atoms with Gasteiger partial charge in [-0.15, -0.1) is 0 Å². The Balaban J connectivity index is 2.08. The number of hydrogen-bond acceptors (Lipinski definition) is 2. The molecule has 4 aromatic rings. The summed E-state index contributed by atoms with van der Waals surface area (Å²) in [5.74, 6) is 0.596. The number of H-pyrrole nitrogens is 2. The van der Waals surface area contributed by atoms with E-state index < -0.39 is 0 Å². The first kappa shape index (κ1) is 11.0. The molecule has 0 unspecified atom stereocenters. The Morgan fingerprint density at radius 1 is 0.900 bits per heavy atom. The summed E-state index contributed by atoms with van der Waals surface area (Å²) in [5, 5.41) is 1.66. The van der Waals surface area contributed by atoms with E-state index in [1.165, 1.54) is 0 Å². The van der Waals surface area contributed by atoms with Crippen molar-refractivity contribution in [2.45, 2.75) is 0 Å². The highest BCUT2D eigenvalue weighted by atomic mass is 16.1. The Morgan fingerprint density at radius 3 is 2.75 bits per heavy atom. The maximum absolute atomic E-state index is 12.1. The van der Waals surface area contributed by atoms with Crippen LogP contribution >= 0.6 is 0 Å². The van der Waals surface area contributed by atoms with Gasteiger partial charge in [0.25, 0.3) is 5.56 Å². The molecule has 0 saturated carbocycles. The van der Waals surface area contributed by atoms with E-state index in [2.05, 4.69) is 15.0 Å². The van der Waals surface area contributed by atoms with Crippen molar-refractivity contribution < 1.29 is 0 Å². The molecule has 2 aromatic carbocycles. The lowest BCUT2D eigenvalue weighted by Crippen LogP contribution is -2.09. The molecule has 0 fully saturated rings. The molecular weight excluding hydrogens is 250 g/mol. The van der Waals surface area contributed by atoms with Gasteiger partial charge in [0.1, 0.15) is 5.82 Å². The normalized spacial score (nSPS) is 11.2. The Bertz CT molecular complexity index is 982. The Labute approximate surface area is 114 Å². The van der Waals surface area contributed by atoms with Crippen LogP contribution in [0.15, 0.2) is 59.5 Å². The van der Waals surface area contributed by atoms with Gasteiger partial charge in [-0.1, -0.05) is 24.3 Å². The number of nitrogens with one attached hydrogen (secondary N) is 2. The van der Waals surface area contributed by atoms with Crippen LogP contribution in [0.4, 0.5) is 0 Å². The fourth-order valence-corrected chi connectivity index (χ4v) is 2.51. The zero-order valence-electron chi connectivity index (χ0n) is 10.6. The lowest BCUT2D eigenvalue weighted by atomic mass is 10.1. The number of para-hydroxylation sites is 1. The van der Waals surface area contributed by atoms with Crippen molar-refractivity contribution in [1.82, 2.24) is 15.0 Å². The van der Waals surface area contributed by atoms with Gasteiger partial charge in [0, 0.05) is 22.7 Å². The van der Waals surface area contributed by atoms with Crippen molar-refractivity contribution in [3.05, 3.63) is 65.1 Å². The molecule has 96 valence electrons. The quantitative estimate of drug-likeness (QED) is 0.553. The van der Waals surface area contributed by atoms with Crippen LogP contribution in [0.1, 0.15) is 0 Å². The standard InChI is InChI=1S/C16H11N3O/c20-16-12-4-1-2-6-14(12)18-15(19-16)11-5-3-7-13-10(11)8-9-17-13/h1-9,17H,(H,18,19,20). The summed E-state index contributed by atoms with van der Waals surface area (Å²) < 4.78 is 0. The number of hydrogen-bond donors (Lipinski definition) is 2. The summed E-state index contributed by atoms with van der Waals surface area (Å²) >= 11 is 0. The highest BCUT2D eigenvalue weighted by molar-refractivity contribution is 5.94. The molecule has 0 aliphatic carbocycles. The van der Waals surface area contributed by atoms with Crippen molar-refractivity contribution in [1.29, 1.82) is 0 Å². The van der Waals surface area contributed by atoms with E-state index in [1.807, 2.05) is 48.7 Å². The topological polar surface area (TPSA) is 61.5 Å². The van der Waals surface area contributed by atoms with E-state index in [-0.39, 0.29) is 5.56 Å². The molecule has 0 aliphatic rings. The molecular formula is C16H11N3O. The summed E-state index contributed by atoms with van der Waals surface area (Å²) in [5.41, 5.74) is 2.54. The molecule has 2 aromatic heterocycles. The van der Waals surface area contributed by atoms with Crippen LogP contribution in [0.2, 0.25) is 0 Å². The Kier molecular flexibility index (Phi) is 2.23. The van der Waals surface area contributed by atoms with Crippen LogP contribution in [0.25, 0.3) is 33.2 Å².